The van der Waals surface area contributed by atoms with Gasteiger partial charge >= 0.3 is 0 Å². The second-order valence-electron chi connectivity index (χ2n) is 3.33. The highest BCUT2D eigenvalue weighted by Crippen LogP contribution is 2.12. The maximum Gasteiger partial charge on any atom is 0.128 e. The molecular weight excluding hydrogens is 210 g/mol. The first kappa shape index (κ1) is 10.5. The Hall–Kier alpha value is -1.97. The fourth-order valence-electron chi connectivity index (χ4n) is 1.35. The summed E-state index contributed by atoms with van der Waals surface area (Å²) >= 11 is 0. The van der Waals surface area contributed by atoms with Gasteiger partial charge in [-0.25, -0.2) is 8.78 Å². The smallest absolute Gasteiger partial charge is 0.128 e. The third-order valence-electron chi connectivity index (χ3n) is 2.17. The Morgan fingerprint density at radius 2 is 1.81 bits per heavy atom. The molecule has 1 aromatic carbocycles. The molecule has 0 saturated heterocycles. The Kier molecular flexibility index (Phi) is 3.10. The van der Waals surface area contributed by atoms with E-state index in [0.29, 0.717) is 5.56 Å². The Morgan fingerprint density at radius 1 is 1.06 bits per heavy atom. The maximum absolute atomic E-state index is 13.3. The number of aromatic nitrogens is 1. The van der Waals surface area contributed by atoms with Crippen molar-refractivity contribution in [1.82, 2.24) is 4.98 Å². The van der Waals surface area contributed by atoms with Crippen LogP contribution in [0, 0.1) is 11.6 Å². The lowest BCUT2D eigenvalue weighted by molar-refractivity contribution is 0.587. The monoisotopic (exact) mass is 220 g/mol. The number of anilines is 1. The van der Waals surface area contributed by atoms with Gasteiger partial charge in [0.2, 0.25) is 0 Å². The summed E-state index contributed by atoms with van der Waals surface area (Å²) in [5.41, 5.74) is 1.12. The highest BCUT2D eigenvalue weighted by molar-refractivity contribution is 5.41. The molecule has 0 saturated carbocycles. The summed E-state index contributed by atoms with van der Waals surface area (Å²) in [6.45, 7) is 0.244. The lowest BCUT2D eigenvalue weighted by Crippen LogP contribution is -2.02. The van der Waals surface area contributed by atoms with Crippen LogP contribution >= 0.6 is 0 Å². The summed E-state index contributed by atoms with van der Waals surface area (Å²) in [6, 6.07) is 6.93. The molecule has 0 spiro atoms. The summed E-state index contributed by atoms with van der Waals surface area (Å²) in [5.74, 6) is -0.851. The molecule has 82 valence electrons. The van der Waals surface area contributed by atoms with Crippen LogP contribution in [0.3, 0.4) is 0 Å². The van der Waals surface area contributed by atoms with E-state index in [1.165, 1.54) is 6.07 Å². The van der Waals surface area contributed by atoms with Crippen LogP contribution in [0.15, 0.2) is 42.7 Å². The highest BCUT2D eigenvalue weighted by Gasteiger charge is 2.03. The number of halogens is 2. The number of benzene rings is 1. The molecule has 0 fully saturated rings. The molecule has 0 bridgehead atoms. The first-order valence-electron chi connectivity index (χ1n) is 4.83. The van der Waals surface area contributed by atoms with Crippen LogP contribution in [0.25, 0.3) is 0 Å². The zero-order valence-corrected chi connectivity index (χ0v) is 8.45. The average Bonchev–Trinajstić information content (AvgIpc) is 2.32. The Labute approximate surface area is 92.0 Å². The van der Waals surface area contributed by atoms with Crippen molar-refractivity contribution in [2.75, 3.05) is 5.32 Å². The van der Waals surface area contributed by atoms with Gasteiger partial charge in [-0.15, -0.1) is 0 Å². The standard InChI is InChI=1S/C12H10F2N2/c13-10-1-2-12(14)9(7-10)8-16-11-3-5-15-6-4-11/h1-7H,8H2,(H,15,16). The van der Waals surface area contributed by atoms with Crippen molar-refractivity contribution < 1.29 is 8.78 Å². The van der Waals surface area contributed by atoms with Gasteiger partial charge in [0.05, 0.1) is 0 Å². The van der Waals surface area contributed by atoms with E-state index in [1.54, 1.807) is 24.5 Å². The first-order chi connectivity index (χ1) is 7.75. The third-order valence-corrected chi connectivity index (χ3v) is 2.17. The molecule has 1 heterocycles. The van der Waals surface area contributed by atoms with Crippen LogP contribution in [0.5, 0.6) is 0 Å². The van der Waals surface area contributed by atoms with Gasteiger partial charge in [0.1, 0.15) is 11.6 Å². The normalized spacial score (nSPS) is 10.1. The topological polar surface area (TPSA) is 24.9 Å². The van der Waals surface area contributed by atoms with Gasteiger partial charge in [-0.05, 0) is 30.3 Å². The third kappa shape index (κ3) is 2.53. The second kappa shape index (κ2) is 4.70. The number of nitrogens with one attached hydrogen (secondary N) is 1. The van der Waals surface area contributed by atoms with Gasteiger partial charge in [0, 0.05) is 30.2 Å². The summed E-state index contributed by atoms with van der Waals surface area (Å²) in [5, 5.41) is 2.98. The average molecular weight is 220 g/mol. The SMILES string of the molecule is Fc1ccc(F)c(CNc2ccncc2)c1. The van der Waals surface area contributed by atoms with Crippen molar-refractivity contribution in [3.63, 3.8) is 0 Å². The Bertz CT molecular complexity index is 472. The number of nitrogens with zero attached hydrogens (tertiary/aromatic N) is 1. The van der Waals surface area contributed by atoms with Crippen molar-refractivity contribution in [2.24, 2.45) is 0 Å². The van der Waals surface area contributed by atoms with E-state index in [-0.39, 0.29) is 6.54 Å². The molecule has 2 rings (SSSR count). The zero-order chi connectivity index (χ0) is 11.4. The van der Waals surface area contributed by atoms with Crippen LogP contribution in [0.4, 0.5) is 14.5 Å². The Morgan fingerprint density at radius 3 is 2.56 bits per heavy atom. The van der Waals surface area contributed by atoms with Gasteiger partial charge in [0.15, 0.2) is 0 Å². The van der Waals surface area contributed by atoms with Gasteiger partial charge < -0.3 is 5.32 Å². The summed E-state index contributed by atoms with van der Waals surface area (Å²) in [6.07, 6.45) is 3.26. The van der Waals surface area contributed by atoms with Crippen molar-refractivity contribution in [3.05, 3.63) is 59.9 Å². The lowest BCUT2D eigenvalue weighted by atomic mass is 10.2. The molecule has 0 aliphatic rings. The molecule has 2 aromatic rings. The molecule has 4 heteroatoms. The highest BCUT2D eigenvalue weighted by atomic mass is 19.1. The van der Waals surface area contributed by atoms with Crippen molar-refractivity contribution >= 4 is 5.69 Å². The quantitative estimate of drug-likeness (QED) is 0.860. The fraction of sp³-hybridized carbons (Fsp3) is 0.0833. The summed E-state index contributed by atoms with van der Waals surface area (Å²) in [4.78, 5) is 3.86. The molecule has 1 aromatic heterocycles. The lowest BCUT2D eigenvalue weighted by Gasteiger charge is -2.06. The Balaban J connectivity index is 2.08. The van der Waals surface area contributed by atoms with Crippen LogP contribution in [-0.2, 0) is 6.54 Å². The molecule has 0 radical (unpaired) electrons. The number of pyridine rings is 1. The van der Waals surface area contributed by atoms with Crippen LogP contribution in [-0.4, -0.2) is 4.98 Å². The predicted molar refractivity (Wildman–Crippen MR) is 57.9 cm³/mol. The van der Waals surface area contributed by atoms with E-state index in [9.17, 15) is 8.78 Å². The molecule has 0 amide bonds. The molecular formula is C12H10F2N2. The van der Waals surface area contributed by atoms with Gasteiger partial charge in [0.25, 0.3) is 0 Å². The van der Waals surface area contributed by atoms with Crippen LogP contribution in [0.2, 0.25) is 0 Å². The first-order valence-corrected chi connectivity index (χ1v) is 4.83. The van der Waals surface area contributed by atoms with Crippen molar-refractivity contribution in [2.45, 2.75) is 6.54 Å². The summed E-state index contributed by atoms with van der Waals surface area (Å²) < 4.78 is 26.1. The maximum atomic E-state index is 13.3. The minimum absolute atomic E-state index is 0.244. The van der Waals surface area contributed by atoms with Crippen LogP contribution in [0.1, 0.15) is 5.56 Å². The van der Waals surface area contributed by atoms with E-state index >= 15 is 0 Å². The molecule has 1 N–H and O–H groups in total. The van der Waals surface area contributed by atoms with Crippen molar-refractivity contribution in [3.8, 4) is 0 Å². The summed E-state index contributed by atoms with van der Waals surface area (Å²) in [7, 11) is 0. The minimum atomic E-state index is -0.437. The molecule has 0 unspecified atom stereocenters. The van der Waals surface area contributed by atoms with E-state index in [1.807, 2.05) is 0 Å². The molecule has 0 aliphatic heterocycles. The largest absolute Gasteiger partial charge is 0.381 e. The number of hydrogen-bond donors (Lipinski definition) is 1. The second-order valence-corrected chi connectivity index (χ2v) is 3.33. The van der Waals surface area contributed by atoms with Gasteiger partial charge in [-0.3, -0.25) is 4.98 Å². The number of rotatable bonds is 3. The van der Waals surface area contributed by atoms with Gasteiger partial charge in [-0.1, -0.05) is 0 Å². The van der Waals surface area contributed by atoms with E-state index in [4.69, 9.17) is 0 Å². The molecule has 16 heavy (non-hydrogen) atoms. The molecule has 0 aliphatic carbocycles. The predicted octanol–water partition coefficient (Wildman–Crippen LogP) is 2.97. The minimum Gasteiger partial charge on any atom is -0.381 e. The van der Waals surface area contributed by atoms with Crippen LogP contribution < -0.4 is 5.32 Å². The molecule has 2 nitrogen and oxygen atoms in total. The zero-order valence-electron chi connectivity index (χ0n) is 8.45. The van der Waals surface area contributed by atoms with E-state index < -0.39 is 11.6 Å². The van der Waals surface area contributed by atoms with Gasteiger partial charge in [-0.2, -0.15) is 0 Å². The van der Waals surface area contributed by atoms with E-state index in [2.05, 4.69) is 10.3 Å². The molecule has 0 atom stereocenters. The fourth-order valence-corrected chi connectivity index (χ4v) is 1.35. The van der Waals surface area contributed by atoms with Crippen molar-refractivity contribution in [1.29, 1.82) is 0 Å². The van der Waals surface area contributed by atoms with E-state index in [0.717, 1.165) is 17.8 Å². The number of hydrogen-bond acceptors (Lipinski definition) is 2.